The third-order valence-electron chi connectivity index (χ3n) is 1.56. The molecule has 56 valence electrons. The highest BCUT2D eigenvalue weighted by Crippen LogP contribution is 2.17. The molecule has 0 saturated carbocycles. The van der Waals surface area contributed by atoms with Gasteiger partial charge in [-0.15, -0.1) is 0 Å². The Kier molecular flexibility index (Phi) is 2.14. The molecule has 3 heteroatoms. The number of halogens is 1. The first-order valence-corrected chi connectivity index (χ1v) is 4.09. The molecule has 0 fully saturated rings. The number of hydrogen-bond donors (Lipinski definition) is 0. The van der Waals surface area contributed by atoms with Crippen molar-refractivity contribution >= 4 is 15.9 Å². The van der Waals surface area contributed by atoms with Gasteiger partial charge in [-0.05, 0) is 21.8 Å². The molecular formula is C7H11BrN2. The lowest BCUT2D eigenvalue weighted by atomic mass is 10.1. The van der Waals surface area contributed by atoms with Crippen LogP contribution in [0.15, 0.2) is 10.9 Å². The molecule has 0 radical (unpaired) electrons. The summed E-state index contributed by atoms with van der Waals surface area (Å²) in [5.74, 6) is 0.545. The predicted molar refractivity (Wildman–Crippen MR) is 45.0 cm³/mol. The van der Waals surface area contributed by atoms with Crippen molar-refractivity contribution in [3.63, 3.8) is 0 Å². The van der Waals surface area contributed by atoms with E-state index in [1.807, 2.05) is 17.8 Å². The van der Waals surface area contributed by atoms with Gasteiger partial charge in [-0.25, -0.2) is 4.98 Å². The van der Waals surface area contributed by atoms with Crippen LogP contribution in [0.5, 0.6) is 0 Å². The summed E-state index contributed by atoms with van der Waals surface area (Å²) in [7, 11) is 2.01. The average Bonchev–Trinajstić information content (AvgIpc) is 2.14. The summed E-state index contributed by atoms with van der Waals surface area (Å²) < 4.78 is 2.95. The van der Waals surface area contributed by atoms with Crippen LogP contribution in [0.3, 0.4) is 0 Å². The summed E-state index contributed by atoms with van der Waals surface area (Å²) in [5.41, 5.74) is 1.26. The van der Waals surface area contributed by atoms with Crippen LogP contribution in [0.25, 0.3) is 0 Å². The zero-order valence-corrected chi connectivity index (χ0v) is 8.01. The van der Waals surface area contributed by atoms with Gasteiger partial charge in [0.15, 0.2) is 4.73 Å². The Morgan fingerprint density at radius 1 is 1.60 bits per heavy atom. The molecule has 0 N–H and O–H groups in total. The fourth-order valence-electron chi connectivity index (χ4n) is 0.936. The van der Waals surface area contributed by atoms with Crippen LogP contribution >= 0.6 is 15.9 Å². The van der Waals surface area contributed by atoms with Gasteiger partial charge in [0.1, 0.15) is 0 Å². The van der Waals surface area contributed by atoms with Crippen LogP contribution in [0.1, 0.15) is 25.5 Å². The van der Waals surface area contributed by atoms with Crippen molar-refractivity contribution in [2.24, 2.45) is 7.05 Å². The summed E-state index contributed by atoms with van der Waals surface area (Å²) >= 11 is 3.34. The van der Waals surface area contributed by atoms with Crippen LogP contribution < -0.4 is 0 Å². The van der Waals surface area contributed by atoms with Crippen molar-refractivity contribution in [3.8, 4) is 0 Å². The maximum absolute atomic E-state index is 4.12. The van der Waals surface area contributed by atoms with E-state index >= 15 is 0 Å². The van der Waals surface area contributed by atoms with Crippen LogP contribution in [0.4, 0.5) is 0 Å². The Balaban J connectivity index is 3.05. The van der Waals surface area contributed by atoms with E-state index in [1.54, 1.807) is 0 Å². The lowest BCUT2D eigenvalue weighted by Crippen LogP contribution is -1.97. The number of imidazole rings is 1. The molecule has 0 aromatic carbocycles. The number of aromatic nitrogens is 2. The van der Waals surface area contributed by atoms with Crippen molar-refractivity contribution in [3.05, 3.63) is 16.6 Å². The fraction of sp³-hybridized carbons (Fsp3) is 0.571. The second-order valence-corrected chi connectivity index (χ2v) is 3.38. The predicted octanol–water partition coefficient (Wildman–Crippen LogP) is 2.31. The first kappa shape index (κ1) is 7.79. The molecule has 2 nitrogen and oxygen atoms in total. The first-order chi connectivity index (χ1) is 4.63. The maximum Gasteiger partial charge on any atom is 0.177 e. The molecule has 0 aliphatic heterocycles. The monoisotopic (exact) mass is 202 g/mol. The molecule has 1 heterocycles. The van der Waals surface area contributed by atoms with E-state index in [0.717, 1.165) is 4.73 Å². The molecule has 1 aromatic rings. The first-order valence-electron chi connectivity index (χ1n) is 3.30. The molecule has 0 bridgehead atoms. The standard InChI is InChI=1S/C7H11BrN2/c1-5(2)6-4-9-7(8)10(6)3/h4-5H,1-3H3. The van der Waals surface area contributed by atoms with Crippen LogP contribution in [-0.4, -0.2) is 9.55 Å². The molecule has 0 spiro atoms. The molecule has 1 aromatic heterocycles. The Hall–Kier alpha value is -0.310. The average molecular weight is 203 g/mol. The maximum atomic E-state index is 4.12. The third kappa shape index (κ3) is 1.24. The summed E-state index contributed by atoms with van der Waals surface area (Å²) in [5, 5.41) is 0. The van der Waals surface area contributed by atoms with E-state index in [-0.39, 0.29) is 0 Å². The van der Waals surface area contributed by atoms with E-state index < -0.39 is 0 Å². The smallest absolute Gasteiger partial charge is 0.177 e. The lowest BCUT2D eigenvalue weighted by Gasteiger charge is -2.04. The van der Waals surface area contributed by atoms with E-state index in [9.17, 15) is 0 Å². The zero-order valence-electron chi connectivity index (χ0n) is 6.43. The van der Waals surface area contributed by atoms with Crippen LogP contribution in [-0.2, 0) is 7.05 Å². The highest BCUT2D eigenvalue weighted by Gasteiger charge is 2.05. The van der Waals surface area contributed by atoms with Gasteiger partial charge >= 0.3 is 0 Å². The van der Waals surface area contributed by atoms with E-state index in [0.29, 0.717) is 5.92 Å². The van der Waals surface area contributed by atoms with Crippen molar-refractivity contribution in [2.45, 2.75) is 19.8 Å². The van der Waals surface area contributed by atoms with E-state index in [2.05, 4.69) is 34.8 Å². The lowest BCUT2D eigenvalue weighted by molar-refractivity contribution is 0.730. The topological polar surface area (TPSA) is 17.8 Å². The van der Waals surface area contributed by atoms with Gasteiger partial charge < -0.3 is 4.57 Å². The van der Waals surface area contributed by atoms with Crippen molar-refractivity contribution in [1.29, 1.82) is 0 Å². The minimum absolute atomic E-state index is 0.545. The Morgan fingerprint density at radius 2 is 2.20 bits per heavy atom. The summed E-state index contributed by atoms with van der Waals surface area (Å²) in [6, 6.07) is 0. The van der Waals surface area contributed by atoms with Gasteiger partial charge in [0.25, 0.3) is 0 Å². The van der Waals surface area contributed by atoms with Gasteiger partial charge in [-0.3, -0.25) is 0 Å². The van der Waals surface area contributed by atoms with Gasteiger partial charge in [0, 0.05) is 18.9 Å². The minimum atomic E-state index is 0.545. The minimum Gasteiger partial charge on any atom is -0.326 e. The van der Waals surface area contributed by atoms with Crippen molar-refractivity contribution < 1.29 is 0 Å². The number of hydrogen-bond acceptors (Lipinski definition) is 1. The molecule has 0 amide bonds. The second-order valence-electron chi connectivity index (χ2n) is 2.67. The van der Waals surface area contributed by atoms with E-state index in [1.165, 1.54) is 5.69 Å². The summed E-state index contributed by atoms with van der Waals surface area (Å²) in [6.07, 6.45) is 1.90. The normalized spacial score (nSPS) is 10.9. The molecule has 0 saturated heterocycles. The quantitative estimate of drug-likeness (QED) is 0.684. The van der Waals surface area contributed by atoms with Crippen molar-refractivity contribution in [1.82, 2.24) is 9.55 Å². The molecule has 1 rings (SSSR count). The molecular weight excluding hydrogens is 192 g/mol. The highest BCUT2D eigenvalue weighted by atomic mass is 79.9. The van der Waals surface area contributed by atoms with E-state index in [4.69, 9.17) is 0 Å². The second kappa shape index (κ2) is 2.74. The Labute approximate surface area is 69.4 Å². The van der Waals surface area contributed by atoms with Gasteiger partial charge in [-0.2, -0.15) is 0 Å². The molecule has 10 heavy (non-hydrogen) atoms. The van der Waals surface area contributed by atoms with Gasteiger partial charge in [0.05, 0.1) is 0 Å². The third-order valence-corrected chi connectivity index (χ3v) is 2.30. The largest absolute Gasteiger partial charge is 0.326 e. The zero-order chi connectivity index (χ0) is 7.72. The van der Waals surface area contributed by atoms with Crippen LogP contribution in [0, 0.1) is 0 Å². The number of rotatable bonds is 1. The number of nitrogens with zero attached hydrogens (tertiary/aromatic N) is 2. The highest BCUT2D eigenvalue weighted by molar-refractivity contribution is 9.10. The molecule has 0 unspecified atom stereocenters. The molecule has 0 aliphatic rings. The molecule has 0 atom stereocenters. The molecule has 0 aliphatic carbocycles. The van der Waals surface area contributed by atoms with Gasteiger partial charge in [0.2, 0.25) is 0 Å². The van der Waals surface area contributed by atoms with Gasteiger partial charge in [-0.1, -0.05) is 13.8 Å². The Bertz CT molecular complexity index is 228. The summed E-state index contributed by atoms with van der Waals surface area (Å²) in [6.45, 7) is 4.31. The Morgan fingerprint density at radius 3 is 2.40 bits per heavy atom. The summed E-state index contributed by atoms with van der Waals surface area (Å²) in [4.78, 5) is 4.12. The van der Waals surface area contributed by atoms with Crippen LogP contribution in [0.2, 0.25) is 0 Å². The fourth-order valence-corrected chi connectivity index (χ4v) is 1.24. The van der Waals surface area contributed by atoms with Crippen molar-refractivity contribution in [2.75, 3.05) is 0 Å². The SMILES string of the molecule is CC(C)c1cnc(Br)n1C.